The molecule has 33 heavy (non-hydrogen) atoms. The van der Waals surface area contributed by atoms with Crippen LogP contribution in [0, 0.1) is 23.2 Å². The highest BCUT2D eigenvalue weighted by atomic mass is 16.5. The molecule has 1 amide bonds. The van der Waals surface area contributed by atoms with E-state index in [1.54, 1.807) is 7.11 Å². The lowest BCUT2D eigenvalue weighted by molar-refractivity contribution is -0.140. The second kappa shape index (κ2) is 8.38. The molecule has 0 unspecified atom stereocenters. The van der Waals surface area contributed by atoms with Gasteiger partial charge in [-0.2, -0.15) is 0 Å². The first kappa shape index (κ1) is 21.1. The zero-order valence-electron chi connectivity index (χ0n) is 19.7. The van der Waals surface area contributed by atoms with E-state index in [0.29, 0.717) is 24.5 Å². The standard InChI is InChI=1S/C29H35NO3/c1-32-26-13-25-18-30(8-7-24(25)12-27(26)33-19-20-5-3-2-4-6-20)28(31)17-29-14-21-9-22(15-29)11-23(10-21)16-29/h2-6,12-13,21-23H,7-11,14-19H2,1H3. The van der Waals surface area contributed by atoms with Crippen molar-refractivity contribution in [1.82, 2.24) is 4.90 Å². The van der Waals surface area contributed by atoms with E-state index in [4.69, 9.17) is 9.47 Å². The maximum atomic E-state index is 13.4. The first-order valence-electron chi connectivity index (χ1n) is 12.7. The van der Waals surface area contributed by atoms with Crippen molar-refractivity contribution in [2.45, 2.75) is 64.5 Å². The molecule has 1 heterocycles. The normalized spacial score (nSPS) is 29.6. The molecule has 0 aromatic heterocycles. The van der Waals surface area contributed by atoms with Crippen LogP contribution in [0.25, 0.3) is 0 Å². The van der Waals surface area contributed by atoms with Gasteiger partial charge in [0.05, 0.1) is 7.11 Å². The molecule has 4 heteroatoms. The molecule has 2 aromatic rings. The summed E-state index contributed by atoms with van der Waals surface area (Å²) in [6, 6.07) is 14.4. The summed E-state index contributed by atoms with van der Waals surface area (Å²) in [5, 5.41) is 0. The molecule has 4 aliphatic carbocycles. The smallest absolute Gasteiger partial charge is 0.223 e. The predicted molar refractivity (Wildman–Crippen MR) is 128 cm³/mol. The highest BCUT2D eigenvalue weighted by molar-refractivity contribution is 5.77. The lowest BCUT2D eigenvalue weighted by atomic mass is 9.49. The third-order valence-electron chi connectivity index (χ3n) is 8.78. The van der Waals surface area contributed by atoms with E-state index in [0.717, 1.165) is 54.2 Å². The summed E-state index contributed by atoms with van der Waals surface area (Å²) >= 11 is 0. The Labute approximate surface area is 197 Å². The highest BCUT2D eigenvalue weighted by Gasteiger charge is 2.51. The summed E-state index contributed by atoms with van der Waals surface area (Å²) in [6.45, 7) is 2.02. The lowest BCUT2D eigenvalue weighted by Crippen LogP contribution is -2.48. The van der Waals surface area contributed by atoms with Crippen LogP contribution in [0.4, 0.5) is 0 Å². The third-order valence-corrected chi connectivity index (χ3v) is 8.78. The number of benzene rings is 2. The van der Waals surface area contributed by atoms with Crippen molar-refractivity contribution in [3.8, 4) is 11.5 Å². The molecule has 4 bridgehead atoms. The van der Waals surface area contributed by atoms with Crippen molar-refractivity contribution in [3.05, 3.63) is 59.2 Å². The molecule has 174 valence electrons. The van der Waals surface area contributed by atoms with Crippen LogP contribution in [0.1, 0.15) is 61.6 Å². The summed E-state index contributed by atoms with van der Waals surface area (Å²) in [5.41, 5.74) is 3.92. The topological polar surface area (TPSA) is 38.8 Å². The van der Waals surface area contributed by atoms with E-state index in [-0.39, 0.29) is 0 Å². The Kier molecular flexibility index (Phi) is 5.35. The number of methoxy groups -OCH3 is 1. The summed E-state index contributed by atoms with van der Waals surface area (Å²) in [7, 11) is 1.69. The summed E-state index contributed by atoms with van der Waals surface area (Å²) in [6.07, 6.45) is 9.83. The van der Waals surface area contributed by atoms with E-state index in [1.165, 1.54) is 49.7 Å². The van der Waals surface area contributed by atoms with Gasteiger partial charge in [-0.1, -0.05) is 30.3 Å². The maximum Gasteiger partial charge on any atom is 0.223 e. The molecule has 0 N–H and O–H groups in total. The molecule has 0 radical (unpaired) electrons. The maximum absolute atomic E-state index is 13.4. The van der Waals surface area contributed by atoms with Crippen LogP contribution in [0.15, 0.2) is 42.5 Å². The molecular formula is C29H35NO3. The number of nitrogens with zero attached hydrogens (tertiary/aromatic N) is 1. The zero-order chi connectivity index (χ0) is 22.4. The Balaban J connectivity index is 1.14. The average Bonchev–Trinajstić information content (AvgIpc) is 2.81. The minimum Gasteiger partial charge on any atom is -0.493 e. The van der Waals surface area contributed by atoms with Gasteiger partial charge >= 0.3 is 0 Å². The largest absolute Gasteiger partial charge is 0.493 e. The average molecular weight is 446 g/mol. The van der Waals surface area contributed by atoms with E-state index in [1.807, 2.05) is 18.2 Å². The van der Waals surface area contributed by atoms with Gasteiger partial charge in [-0.05, 0) is 96.9 Å². The molecule has 7 rings (SSSR count). The van der Waals surface area contributed by atoms with Crippen LogP contribution in [-0.2, 0) is 24.4 Å². The van der Waals surface area contributed by atoms with Crippen molar-refractivity contribution in [1.29, 1.82) is 0 Å². The van der Waals surface area contributed by atoms with Gasteiger partial charge < -0.3 is 14.4 Å². The number of carbonyl (C=O) groups excluding carboxylic acids is 1. The Bertz CT molecular complexity index is 995. The molecule has 2 aromatic carbocycles. The van der Waals surface area contributed by atoms with Crippen molar-refractivity contribution in [2.75, 3.05) is 13.7 Å². The third kappa shape index (κ3) is 4.13. The molecule has 4 fully saturated rings. The second-order valence-corrected chi connectivity index (χ2v) is 11.2. The minimum absolute atomic E-state index is 0.305. The Morgan fingerprint density at radius 1 is 0.970 bits per heavy atom. The quantitative estimate of drug-likeness (QED) is 0.567. The van der Waals surface area contributed by atoms with Crippen LogP contribution in [0.5, 0.6) is 11.5 Å². The summed E-state index contributed by atoms with van der Waals surface area (Å²) < 4.78 is 11.8. The Morgan fingerprint density at radius 3 is 2.30 bits per heavy atom. The van der Waals surface area contributed by atoms with Crippen molar-refractivity contribution in [2.24, 2.45) is 23.2 Å². The minimum atomic E-state index is 0.305. The number of amides is 1. The fourth-order valence-corrected chi connectivity index (χ4v) is 7.72. The van der Waals surface area contributed by atoms with Crippen molar-refractivity contribution >= 4 is 5.91 Å². The second-order valence-electron chi connectivity index (χ2n) is 11.2. The van der Waals surface area contributed by atoms with E-state index in [2.05, 4.69) is 29.2 Å². The number of ether oxygens (including phenoxy) is 2. The van der Waals surface area contributed by atoms with E-state index in [9.17, 15) is 4.79 Å². The molecule has 5 aliphatic rings. The summed E-state index contributed by atoms with van der Waals surface area (Å²) in [5.74, 6) is 4.58. The number of rotatable bonds is 6. The van der Waals surface area contributed by atoms with Gasteiger partial charge in [0, 0.05) is 19.5 Å². The number of carbonyl (C=O) groups is 1. The van der Waals surface area contributed by atoms with Crippen molar-refractivity contribution in [3.63, 3.8) is 0 Å². The molecule has 0 atom stereocenters. The first-order chi connectivity index (χ1) is 16.1. The number of hydrogen-bond donors (Lipinski definition) is 0. The molecule has 0 spiro atoms. The fraction of sp³-hybridized carbons (Fsp3) is 0.552. The van der Waals surface area contributed by atoms with Gasteiger partial charge in [0.1, 0.15) is 6.61 Å². The molecule has 4 nitrogen and oxygen atoms in total. The van der Waals surface area contributed by atoms with Gasteiger partial charge in [-0.25, -0.2) is 0 Å². The van der Waals surface area contributed by atoms with Crippen LogP contribution >= 0.6 is 0 Å². The van der Waals surface area contributed by atoms with Crippen LogP contribution in [0.3, 0.4) is 0 Å². The van der Waals surface area contributed by atoms with Gasteiger partial charge in [-0.3, -0.25) is 4.79 Å². The van der Waals surface area contributed by atoms with E-state index >= 15 is 0 Å². The molecule has 4 saturated carbocycles. The SMILES string of the molecule is COc1cc2c(cc1OCc1ccccc1)CCN(C(=O)CC13CC4CC(CC(C4)C1)C3)C2. The number of fused-ring (bicyclic) bond motifs is 1. The Morgan fingerprint density at radius 2 is 1.64 bits per heavy atom. The van der Waals surface area contributed by atoms with Crippen molar-refractivity contribution < 1.29 is 14.3 Å². The van der Waals surface area contributed by atoms with Gasteiger partial charge in [-0.15, -0.1) is 0 Å². The molecular weight excluding hydrogens is 410 g/mol. The lowest BCUT2D eigenvalue weighted by Gasteiger charge is -2.57. The molecule has 1 aliphatic heterocycles. The predicted octanol–water partition coefficient (Wildman–Crippen LogP) is 5.77. The number of hydrogen-bond acceptors (Lipinski definition) is 3. The van der Waals surface area contributed by atoms with Gasteiger partial charge in [0.25, 0.3) is 0 Å². The fourth-order valence-electron chi connectivity index (χ4n) is 7.72. The van der Waals surface area contributed by atoms with Gasteiger partial charge in [0.2, 0.25) is 5.91 Å². The molecule has 0 saturated heterocycles. The zero-order valence-corrected chi connectivity index (χ0v) is 19.7. The van der Waals surface area contributed by atoms with Crippen LogP contribution in [0.2, 0.25) is 0 Å². The first-order valence-corrected chi connectivity index (χ1v) is 12.7. The van der Waals surface area contributed by atoms with Crippen LogP contribution in [-0.4, -0.2) is 24.5 Å². The monoisotopic (exact) mass is 445 g/mol. The highest BCUT2D eigenvalue weighted by Crippen LogP contribution is 2.61. The van der Waals surface area contributed by atoms with Crippen LogP contribution < -0.4 is 9.47 Å². The van der Waals surface area contributed by atoms with E-state index < -0.39 is 0 Å². The van der Waals surface area contributed by atoms with Gasteiger partial charge in [0.15, 0.2) is 11.5 Å². The Hall–Kier alpha value is -2.49. The summed E-state index contributed by atoms with van der Waals surface area (Å²) in [4.78, 5) is 15.5.